The highest BCUT2D eigenvalue weighted by Crippen LogP contribution is 2.24. The van der Waals surface area contributed by atoms with Gasteiger partial charge in [-0.3, -0.25) is 4.79 Å². The Morgan fingerprint density at radius 2 is 1.63 bits per heavy atom. The molecule has 0 saturated carbocycles. The van der Waals surface area contributed by atoms with E-state index in [0.717, 1.165) is 28.2 Å². The van der Waals surface area contributed by atoms with Crippen molar-refractivity contribution in [3.05, 3.63) is 83.4 Å². The summed E-state index contributed by atoms with van der Waals surface area (Å²) in [6, 6.07) is 20.9. The van der Waals surface area contributed by atoms with Gasteiger partial charge in [0.05, 0.1) is 0 Å². The van der Waals surface area contributed by atoms with Crippen LogP contribution in [0.2, 0.25) is 0 Å². The summed E-state index contributed by atoms with van der Waals surface area (Å²) in [5.74, 6) is 2.02. The minimum absolute atomic E-state index is 0.0359. The number of aryl methyl sites for hydroxylation is 2. The molecule has 0 radical (unpaired) electrons. The minimum Gasteiger partial charge on any atom is -0.483 e. The van der Waals surface area contributed by atoms with Crippen molar-refractivity contribution in [3.63, 3.8) is 0 Å². The van der Waals surface area contributed by atoms with Crippen LogP contribution in [0.15, 0.2) is 66.7 Å². The van der Waals surface area contributed by atoms with E-state index >= 15 is 0 Å². The third kappa shape index (κ3) is 5.11. The fraction of sp³-hybridized carbons (Fsp3) is 0.174. The summed E-state index contributed by atoms with van der Waals surface area (Å²) in [7, 11) is 0. The van der Waals surface area contributed by atoms with Crippen molar-refractivity contribution in [1.82, 2.24) is 0 Å². The van der Waals surface area contributed by atoms with Gasteiger partial charge < -0.3 is 14.8 Å². The lowest BCUT2D eigenvalue weighted by Crippen LogP contribution is -2.20. The molecule has 0 aliphatic heterocycles. The Hall–Kier alpha value is -3.27. The topological polar surface area (TPSA) is 47.6 Å². The van der Waals surface area contributed by atoms with Gasteiger partial charge in [0.25, 0.3) is 5.91 Å². The van der Waals surface area contributed by atoms with Gasteiger partial charge in [0, 0.05) is 5.69 Å². The van der Waals surface area contributed by atoms with Crippen LogP contribution in [-0.4, -0.2) is 12.5 Å². The van der Waals surface area contributed by atoms with Crippen LogP contribution in [0.5, 0.6) is 17.2 Å². The normalized spacial score (nSPS) is 10.3. The molecule has 0 unspecified atom stereocenters. The molecule has 138 valence electrons. The van der Waals surface area contributed by atoms with Crippen molar-refractivity contribution in [2.45, 2.75) is 20.8 Å². The van der Waals surface area contributed by atoms with E-state index in [1.807, 2.05) is 75.4 Å². The van der Waals surface area contributed by atoms with Crippen molar-refractivity contribution >= 4 is 11.6 Å². The number of rotatable bonds is 6. The van der Waals surface area contributed by atoms with Crippen molar-refractivity contribution in [2.75, 3.05) is 11.9 Å². The number of ether oxygens (including phenoxy) is 2. The first-order valence-corrected chi connectivity index (χ1v) is 8.85. The molecule has 3 aromatic rings. The van der Waals surface area contributed by atoms with Crippen LogP contribution in [-0.2, 0) is 4.79 Å². The largest absolute Gasteiger partial charge is 0.483 e. The van der Waals surface area contributed by atoms with Crippen molar-refractivity contribution < 1.29 is 14.3 Å². The second-order valence-corrected chi connectivity index (χ2v) is 6.48. The Bertz CT molecular complexity index is 933. The van der Waals surface area contributed by atoms with Gasteiger partial charge >= 0.3 is 0 Å². The fourth-order valence-electron chi connectivity index (χ4n) is 2.64. The molecule has 3 aromatic carbocycles. The molecule has 0 saturated heterocycles. The third-order valence-corrected chi connectivity index (χ3v) is 4.28. The Kier molecular flexibility index (Phi) is 5.77. The lowest BCUT2D eigenvalue weighted by molar-refractivity contribution is -0.118. The molecule has 0 aliphatic rings. The van der Waals surface area contributed by atoms with Gasteiger partial charge in [-0.1, -0.05) is 24.3 Å². The SMILES string of the molecule is Cc1cccc(Oc2ccc(NC(=O)COc3cccc(C)c3C)cc2)c1. The molecule has 0 aliphatic carbocycles. The van der Waals surface area contributed by atoms with E-state index in [-0.39, 0.29) is 12.5 Å². The number of benzene rings is 3. The second kappa shape index (κ2) is 8.41. The van der Waals surface area contributed by atoms with Crippen molar-refractivity contribution in [2.24, 2.45) is 0 Å². The quantitative estimate of drug-likeness (QED) is 0.637. The third-order valence-electron chi connectivity index (χ3n) is 4.28. The maximum absolute atomic E-state index is 12.1. The zero-order chi connectivity index (χ0) is 19.2. The molecular weight excluding hydrogens is 338 g/mol. The van der Waals surface area contributed by atoms with E-state index in [2.05, 4.69) is 5.32 Å². The average molecular weight is 361 g/mol. The highest BCUT2D eigenvalue weighted by Gasteiger charge is 2.07. The van der Waals surface area contributed by atoms with Crippen LogP contribution in [0.25, 0.3) is 0 Å². The number of nitrogens with one attached hydrogen (secondary N) is 1. The molecule has 1 amide bonds. The summed E-state index contributed by atoms with van der Waals surface area (Å²) in [5, 5.41) is 2.83. The zero-order valence-corrected chi connectivity index (χ0v) is 15.8. The molecule has 0 spiro atoms. The van der Waals surface area contributed by atoms with Crippen LogP contribution >= 0.6 is 0 Å². The Morgan fingerprint density at radius 1 is 0.889 bits per heavy atom. The number of carbonyl (C=O) groups is 1. The van der Waals surface area contributed by atoms with Gasteiger partial charge in [-0.25, -0.2) is 0 Å². The van der Waals surface area contributed by atoms with Gasteiger partial charge in [0.1, 0.15) is 17.2 Å². The number of carbonyl (C=O) groups excluding carboxylic acids is 1. The number of hydrogen-bond donors (Lipinski definition) is 1. The van der Waals surface area contributed by atoms with Gasteiger partial charge in [-0.15, -0.1) is 0 Å². The fourth-order valence-corrected chi connectivity index (χ4v) is 2.64. The highest BCUT2D eigenvalue weighted by atomic mass is 16.5. The van der Waals surface area contributed by atoms with Crippen LogP contribution in [0.1, 0.15) is 16.7 Å². The van der Waals surface area contributed by atoms with E-state index in [0.29, 0.717) is 11.4 Å². The van der Waals surface area contributed by atoms with Crippen LogP contribution in [0.4, 0.5) is 5.69 Å². The summed E-state index contributed by atoms with van der Waals surface area (Å²) in [6.07, 6.45) is 0. The molecule has 0 atom stereocenters. The van der Waals surface area contributed by atoms with E-state index in [9.17, 15) is 4.79 Å². The summed E-state index contributed by atoms with van der Waals surface area (Å²) >= 11 is 0. The lowest BCUT2D eigenvalue weighted by Gasteiger charge is -2.11. The molecule has 0 bridgehead atoms. The predicted molar refractivity (Wildman–Crippen MR) is 108 cm³/mol. The molecule has 4 heteroatoms. The first-order valence-electron chi connectivity index (χ1n) is 8.85. The smallest absolute Gasteiger partial charge is 0.262 e. The summed E-state index contributed by atoms with van der Waals surface area (Å²) < 4.78 is 11.4. The van der Waals surface area contributed by atoms with Crippen LogP contribution in [0.3, 0.4) is 0 Å². The van der Waals surface area contributed by atoms with Gasteiger partial charge in [-0.05, 0) is 79.9 Å². The maximum atomic E-state index is 12.1. The summed E-state index contributed by atoms with van der Waals surface area (Å²) in [6.45, 7) is 5.98. The molecule has 0 heterocycles. The van der Waals surface area contributed by atoms with Gasteiger partial charge in [-0.2, -0.15) is 0 Å². The standard InChI is InChI=1S/C23H23NO3/c1-16-6-4-8-21(14-16)27-20-12-10-19(11-13-20)24-23(25)15-26-22-9-5-7-17(2)18(22)3/h4-14H,15H2,1-3H3,(H,24,25). The molecule has 0 fully saturated rings. The lowest BCUT2D eigenvalue weighted by atomic mass is 10.1. The Morgan fingerprint density at radius 3 is 2.37 bits per heavy atom. The van der Waals surface area contributed by atoms with E-state index < -0.39 is 0 Å². The number of amides is 1. The highest BCUT2D eigenvalue weighted by molar-refractivity contribution is 5.91. The maximum Gasteiger partial charge on any atom is 0.262 e. The monoisotopic (exact) mass is 361 g/mol. The van der Waals surface area contributed by atoms with E-state index in [1.165, 1.54) is 0 Å². The molecule has 0 aromatic heterocycles. The molecule has 4 nitrogen and oxygen atoms in total. The van der Waals surface area contributed by atoms with Crippen molar-refractivity contribution in [1.29, 1.82) is 0 Å². The Balaban J connectivity index is 1.54. The minimum atomic E-state index is -0.205. The first kappa shape index (κ1) is 18.5. The summed E-state index contributed by atoms with van der Waals surface area (Å²) in [5.41, 5.74) is 4.02. The average Bonchev–Trinajstić information content (AvgIpc) is 2.65. The summed E-state index contributed by atoms with van der Waals surface area (Å²) in [4.78, 5) is 12.1. The molecule has 1 N–H and O–H groups in total. The first-order chi connectivity index (χ1) is 13.0. The van der Waals surface area contributed by atoms with Gasteiger partial charge in [0.15, 0.2) is 6.61 Å². The zero-order valence-electron chi connectivity index (χ0n) is 15.8. The van der Waals surface area contributed by atoms with Crippen molar-refractivity contribution in [3.8, 4) is 17.2 Å². The van der Waals surface area contributed by atoms with Crippen LogP contribution in [0, 0.1) is 20.8 Å². The van der Waals surface area contributed by atoms with E-state index in [4.69, 9.17) is 9.47 Å². The molecule has 27 heavy (non-hydrogen) atoms. The predicted octanol–water partition coefficient (Wildman–Crippen LogP) is 5.42. The Labute approximate surface area is 159 Å². The molecular formula is C23H23NO3. The second-order valence-electron chi connectivity index (χ2n) is 6.48. The van der Waals surface area contributed by atoms with Crippen LogP contribution < -0.4 is 14.8 Å². The van der Waals surface area contributed by atoms with Gasteiger partial charge in [0.2, 0.25) is 0 Å². The molecule has 3 rings (SSSR count). The number of anilines is 1. The van der Waals surface area contributed by atoms with E-state index in [1.54, 1.807) is 12.1 Å². The number of hydrogen-bond acceptors (Lipinski definition) is 3.